The number of thiazole rings is 1. The van der Waals surface area contributed by atoms with E-state index in [2.05, 4.69) is 15.2 Å². The molecule has 1 atom stereocenters. The fourth-order valence-corrected chi connectivity index (χ4v) is 6.16. The van der Waals surface area contributed by atoms with Gasteiger partial charge in [0.1, 0.15) is 9.88 Å². The number of nitrogens with zero attached hydrogens (tertiary/aromatic N) is 3. The second-order valence-corrected chi connectivity index (χ2v) is 10.8. The highest BCUT2D eigenvalue weighted by atomic mass is 32.1. The Balaban J connectivity index is 1.22. The topological polar surface area (TPSA) is 65.5 Å². The number of benzene rings is 1. The third kappa shape index (κ3) is 6.25. The number of aromatic nitrogens is 1. The van der Waals surface area contributed by atoms with Crippen molar-refractivity contribution in [3.63, 3.8) is 0 Å². The molecule has 7 heteroatoms. The Bertz CT molecular complexity index is 947. The van der Waals surface area contributed by atoms with Gasteiger partial charge in [0, 0.05) is 31.1 Å². The van der Waals surface area contributed by atoms with Crippen molar-refractivity contribution in [2.45, 2.75) is 52.4 Å². The van der Waals surface area contributed by atoms with Crippen molar-refractivity contribution in [3.05, 3.63) is 40.9 Å². The fourth-order valence-electron chi connectivity index (χ4n) is 5.12. The molecule has 2 saturated heterocycles. The number of carbonyl (C=O) groups is 2. The van der Waals surface area contributed by atoms with Crippen molar-refractivity contribution in [3.8, 4) is 10.6 Å². The average molecular weight is 483 g/mol. The lowest BCUT2D eigenvalue weighted by Gasteiger charge is -2.34. The molecule has 1 aromatic carbocycles. The second kappa shape index (κ2) is 11.9. The number of likely N-dealkylation sites (tertiary alicyclic amines) is 2. The van der Waals surface area contributed by atoms with Crippen molar-refractivity contribution >= 4 is 23.2 Å². The average Bonchev–Trinajstić information content (AvgIpc) is 3.28. The quantitative estimate of drug-likeness (QED) is 0.559. The zero-order valence-corrected chi connectivity index (χ0v) is 21.4. The third-order valence-electron chi connectivity index (χ3n) is 7.36. The van der Waals surface area contributed by atoms with Crippen LogP contribution in [0.4, 0.5) is 0 Å². The third-order valence-corrected chi connectivity index (χ3v) is 8.55. The molecule has 2 aliphatic heterocycles. The lowest BCUT2D eigenvalue weighted by molar-refractivity contribution is -0.126. The zero-order valence-electron chi connectivity index (χ0n) is 20.6. The Hall–Kier alpha value is -2.25. The van der Waals surface area contributed by atoms with E-state index in [9.17, 15) is 9.59 Å². The van der Waals surface area contributed by atoms with Crippen molar-refractivity contribution < 1.29 is 9.59 Å². The van der Waals surface area contributed by atoms with Crippen LogP contribution < -0.4 is 5.32 Å². The van der Waals surface area contributed by atoms with Gasteiger partial charge in [-0.25, -0.2) is 4.98 Å². The number of piperidine rings is 2. The Morgan fingerprint density at radius 3 is 2.50 bits per heavy atom. The minimum atomic E-state index is -0.0120. The Morgan fingerprint density at radius 2 is 1.79 bits per heavy atom. The standard InChI is InChI=1S/C27H38N4O2S/c1-20(25(32)28-14-9-17-30-15-7-4-8-16-30)22-12-18-31(19-13-22)27(33)24-21(2)29-26(34-24)23-10-5-3-6-11-23/h3,5-6,10-11,20,22H,4,7-9,12-19H2,1-2H3,(H,28,32)/t20-/m1/s1. The van der Waals surface area contributed by atoms with E-state index in [1.807, 2.05) is 49.1 Å². The molecule has 4 rings (SSSR count). The van der Waals surface area contributed by atoms with Crippen LogP contribution in [0.3, 0.4) is 0 Å². The van der Waals surface area contributed by atoms with E-state index in [4.69, 9.17) is 0 Å². The van der Waals surface area contributed by atoms with Crippen molar-refractivity contribution in [1.29, 1.82) is 0 Å². The number of carbonyl (C=O) groups excluding carboxylic acids is 2. The first-order valence-corrected chi connectivity index (χ1v) is 13.7. The first-order valence-electron chi connectivity index (χ1n) is 12.8. The number of rotatable bonds is 8. The minimum Gasteiger partial charge on any atom is -0.356 e. The first kappa shape index (κ1) is 24.9. The summed E-state index contributed by atoms with van der Waals surface area (Å²) in [6.07, 6.45) is 6.73. The molecule has 184 valence electrons. The van der Waals surface area contributed by atoms with Crippen LogP contribution >= 0.6 is 11.3 Å². The van der Waals surface area contributed by atoms with Crippen molar-refractivity contribution in [2.75, 3.05) is 39.3 Å². The first-order chi connectivity index (χ1) is 16.5. The van der Waals surface area contributed by atoms with Gasteiger partial charge in [-0.3, -0.25) is 9.59 Å². The largest absolute Gasteiger partial charge is 0.356 e. The van der Waals surface area contributed by atoms with Gasteiger partial charge in [0.05, 0.1) is 5.69 Å². The van der Waals surface area contributed by atoms with Gasteiger partial charge in [-0.05, 0) is 64.6 Å². The van der Waals surface area contributed by atoms with E-state index in [1.165, 1.54) is 43.7 Å². The molecule has 0 saturated carbocycles. The monoisotopic (exact) mass is 482 g/mol. The molecular formula is C27H38N4O2S. The summed E-state index contributed by atoms with van der Waals surface area (Å²) in [5, 5.41) is 4.04. The van der Waals surface area contributed by atoms with Gasteiger partial charge in [0.15, 0.2) is 0 Å². The number of hydrogen-bond acceptors (Lipinski definition) is 5. The number of aryl methyl sites for hydroxylation is 1. The van der Waals surface area contributed by atoms with Gasteiger partial charge in [-0.1, -0.05) is 43.7 Å². The molecule has 0 aliphatic carbocycles. The Kier molecular flexibility index (Phi) is 8.73. The number of hydrogen-bond donors (Lipinski definition) is 1. The van der Waals surface area contributed by atoms with Crippen LogP contribution in [0, 0.1) is 18.8 Å². The molecule has 2 fully saturated rings. The molecule has 0 spiro atoms. The number of nitrogens with one attached hydrogen (secondary N) is 1. The van der Waals surface area contributed by atoms with E-state index in [1.54, 1.807) is 0 Å². The molecule has 0 radical (unpaired) electrons. The van der Waals surface area contributed by atoms with Crippen LogP contribution in [-0.4, -0.2) is 65.9 Å². The molecule has 3 heterocycles. The highest BCUT2D eigenvalue weighted by molar-refractivity contribution is 7.17. The molecule has 0 unspecified atom stereocenters. The highest BCUT2D eigenvalue weighted by Crippen LogP contribution is 2.31. The molecule has 1 N–H and O–H groups in total. The van der Waals surface area contributed by atoms with Gasteiger partial charge < -0.3 is 15.1 Å². The van der Waals surface area contributed by atoms with Crippen LogP contribution in [0.1, 0.15) is 60.8 Å². The fraction of sp³-hybridized carbons (Fsp3) is 0.593. The second-order valence-electron chi connectivity index (χ2n) is 9.76. The SMILES string of the molecule is Cc1nc(-c2ccccc2)sc1C(=O)N1CCC([C@@H](C)C(=O)NCCCN2CCCCC2)CC1. The summed E-state index contributed by atoms with van der Waals surface area (Å²) >= 11 is 1.48. The van der Waals surface area contributed by atoms with Gasteiger partial charge in [0.25, 0.3) is 5.91 Å². The predicted molar refractivity (Wildman–Crippen MR) is 138 cm³/mol. The van der Waals surface area contributed by atoms with E-state index in [-0.39, 0.29) is 17.7 Å². The van der Waals surface area contributed by atoms with Gasteiger partial charge in [0.2, 0.25) is 5.91 Å². The molecular weight excluding hydrogens is 444 g/mol. The van der Waals surface area contributed by atoms with E-state index in [0.717, 1.165) is 53.5 Å². The molecule has 0 bridgehead atoms. The zero-order chi connectivity index (χ0) is 23.9. The van der Waals surface area contributed by atoms with Crippen LogP contribution in [0.5, 0.6) is 0 Å². The summed E-state index contributed by atoms with van der Waals surface area (Å²) in [6, 6.07) is 10.0. The molecule has 2 aromatic rings. The maximum Gasteiger partial charge on any atom is 0.265 e. The number of amides is 2. The van der Waals surface area contributed by atoms with Gasteiger partial charge >= 0.3 is 0 Å². The van der Waals surface area contributed by atoms with Crippen LogP contribution in [0.15, 0.2) is 30.3 Å². The van der Waals surface area contributed by atoms with Crippen molar-refractivity contribution in [2.24, 2.45) is 11.8 Å². The molecule has 1 aromatic heterocycles. The Morgan fingerprint density at radius 1 is 1.09 bits per heavy atom. The highest BCUT2D eigenvalue weighted by Gasteiger charge is 2.31. The summed E-state index contributed by atoms with van der Waals surface area (Å²) < 4.78 is 0. The van der Waals surface area contributed by atoms with E-state index in [0.29, 0.717) is 19.0 Å². The smallest absolute Gasteiger partial charge is 0.265 e. The molecule has 2 amide bonds. The van der Waals surface area contributed by atoms with Crippen molar-refractivity contribution in [1.82, 2.24) is 20.1 Å². The van der Waals surface area contributed by atoms with Crippen LogP contribution in [-0.2, 0) is 4.79 Å². The molecule has 34 heavy (non-hydrogen) atoms. The summed E-state index contributed by atoms with van der Waals surface area (Å²) in [5.74, 6) is 0.551. The normalized spacial score (nSPS) is 18.6. The summed E-state index contributed by atoms with van der Waals surface area (Å²) in [6.45, 7) is 9.61. The minimum absolute atomic E-state index is 0.0120. The predicted octanol–water partition coefficient (Wildman–Crippen LogP) is 4.60. The molecule has 2 aliphatic rings. The van der Waals surface area contributed by atoms with E-state index >= 15 is 0 Å². The van der Waals surface area contributed by atoms with Crippen LogP contribution in [0.25, 0.3) is 10.6 Å². The lowest BCUT2D eigenvalue weighted by atomic mass is 9.84. The van der Waals surface area contributed by atoms with Gasteiger partial charge in [-0.15, -0.1) is 11.3 Å². The van der Waals surface area contributed by atoms with E-state index < -0.39 is 0 Å². The molecule has 6 nitrogen and oxygen atoms in total. The summed E-state index contributed by atoms with van der Waals surface area (Å²) in [7, 11) is 0. The lowest BCUT2D eigenvalue weighted by Crippen LogP contribution is -2.43. The van der Waals surface area contributed by atoms with Crippen LogP contribution in [0.2, 0.25) is 0 Å². The van der Waals surface area contributed by atoms with Gasteiger partial charge in [-0.2, -0.15) is 0 Å². The maximum absolute atomic E-state index is 13.2. The summed E-state index contributed by atoms with van der Waals surface area (Å²) in [5.41, 5.74) is 1.84. The maximum atomic E-state index is 13.2. The summed E-state index contributed by atoms with van der Waals surface area (Å²) in [4.78, 5) is 35.7. The Labute approximate surface area is 207 Å².